The molecule has 2 aromatic heterocycles. The Hall–Kier alpha value is -2.88. The molecular weight excluding hydrogens is 512 g/mol. The van der Waals surface area contributed by atoms with Gasteiger partial charge in [-0.15, -0.1) is 0 Å². The fourth-order valence-electron chi connectivity index (χ4n) is 4.62. The van der Waals surface area contributed by atoms with Gasteiger partial charge in [0, 0.05) is 43.6 Å². The number of hydrogen-bond acceptors (Lipinski definition) is 7. The molecule has 5 rings (SSSR count). The molecule has 0 aliphatic carbocycles. The van der Waals surface area contributed by atoms with Gasteiger partial charge in [0.05, 0.1) is 17.9 Å². The lowest BCUT2D eigenvalue weighted by Gasteiger charge is -2.26. The highest BCUT2D eigenvalue weighted by atomic mass is 79.9. The molecule has 10 heteroatoms. The number of carbonyl (C=O) groups excluding carboxylic acids is 1. The second-order valence-electron chi connectivity index (χ2n) is 9.63. The van der Waals surface area contributed by atoms with Crippen molar-refractivity contribution in [2.24, 2.45) is 11.8 Å². The molecule has 2 atom stereocenters. The van der Waals surface area contributed by atoms with E-state index in [0.717, 1.165) is 40.1 Å². The normalized spacial score (nSPS) is 19.4. The van der Waals surface area contributed by atoms with Crippen LogP contribution in [0.4, 0.5) is 10.7 Å². The lowest BCUT2D eigenvalue weighted by atomic mass is 10.0. The number of nitrogens with one attached hydrogen (secondary N) is 1. The average Bonchev–Trinajstić information content (AvgIpc) is 3.53. The number of rotatable bonds is 3. The zero-order valence-electron chi connectivity index (χ0n) is 21.1. The number of methoxy groups -OCH3 is 1. The number of amides is 1. The third-order valence-corrected chi connectivity index (χ3v) is 6.74. The summed E-state index contributed by atoms with van der Waals surface area (Å²) in [7, 11) is 1.64. The molecule has 1 N–H and O–H groups in total. The van der Waals surface area contributed by atoms with Gasteiger partial charge < -0.3 is 24.3 Å². The molecule has 9 nitrogen and oxygen atoms in total. The second-order valence-corrected chi connectivity index (χ2v) is 10.5. The van der Waals surface area contributed by atoms with Gasteiger partial charge >= 0.3 is 6.09 Å². The molecule has 0 radical (unpaired) electrons. The second kappa shape index (κ2) is 10.0. The van der Waals surface area contributed by atoms with Gasteiger partial charge in [0.25, 0.3) is 0 Å². The first kappa shape index (κ1) is 25.2. The molecule has 0 spiro atoms. The van der Waals surface area contributed by atoms with E-state index in [1.807, 2.05) is 57.7 Å². The van der Waals surface area contributed by atoms with Crippen molar-refractivity contribution in [3.8, 4) is 17.0 Å². The van der Waals surface area contributed by atoms with E-state index in [1.165, 1.54) is 0 Å². The fraction of sp³-hybridized carbons (Fsp3) is 0.520. The number of hydrogen-bond donors (Lipinski definition) is 1. The quantitative estimate of drug-likeness (QED) is 0.488. The van der Waals surface area contributed by atoms with Crippen LogP contribution in [0.2, 0.25) is 0 Å². The van der Waals surface area contributed by atoms with Crippen LogP contribution in [-0.2, 0) is 4.74 Å². The Morgan fingerprint density at radius 2 is 1.80 bits per heavy atom. The molecule has 2 aliphatic rings. The first-order valence-corrected chi connectivity index (χ1v) is 12.8. The highest BCUT2D eigenvalue weighted by Gasteiger charge is 2.43. The first-order chi connectivity index (χ1) is 16.7. The number of H-pyrrole nitrogens is 1. The van der Waals surface area contributed by atoms with Gasteiger partial charge in [-0.1, -0.05) is 13.8 Å². The number of imidazole rings is 1. The van der Waals surface area contributed by atoms with Gasteiger partial charge in [-0.3, -0.25) is 0 Å². The number of nitrogens with zero attached hydrogens (tertiary/aromatic N) is 5. The summed E-state index contributed by atoms with van der Waals surface area (Å²) in [4.78, 5) is 33.7. The maximum atomic E-state index is 12.5. The number of carbonyl (C=O) groups is 1. The predicted molar refractivity (Wildman–Crippen MR) is 140 cm³/mol. The van der Waals surface area contributed by atoms with Crippen LogP contribution in [0.25, 0.3) is 22.4 Å². The molecule has 35 heavy (non-hydrogen) atoms. The first-order valence-electron chi connectivity index (χ1n) is 12.0. The van der Waals surface area contributed by atoms with Gasteiger partial charge in [0.1, 0.15) is 22.6 Å². The Morgan fingerprint density at radius 1 is 1.11 bits per heavy atom. The summed E-state index contributed by atoms with van der Waals surface area (Å²) in [6.45, 7) is 12.7. The van der Waals surface area contributed by atoms with Gasteiger partial charge in [0.15, 0.2) is 5.65 Å². The Kier molecular flexibility index (Phi) is 7.21. The van der Waals surface area contributed by atoms with E-state index in [-0.39, 0.29) is 6.09 Å². The van der Waals surface area contributed by atoms with Crippen LogP contribution in [0.5, 0.6) is 5.75 Å². The molecule has 3 aromatic rings. The molecule has 0 bridgehead atoms. The van der Waals surface area contributed by atoms with Gasteiger partial charge in [-0.05, 0) is 54.9 Å². The van der Waals surface area contributed by atoms with Crippen molar-refractivity contribution in [3.63, 3.8) is 0 Å². The SMILES string of the molecule is CC.COc1ccc(-c2nc(N3CC4CN(C(=O)OC(C)(C)C)CC4C3)nc3nc[nH]c23)cc1Br. The van der Waals surface area contributed by atoms with Crippen molar-refractivity contribution in [1.29, 1.82) is 0 Å². The van der Waals surface area contributed by atoms with Crippen LogP contribution in [-0.4, -0.2) is 69.8 Å². The summed E-state index contributed by atoms with van der Waals surface area (Å²) in [5, 5.41) is 0. The summed E-state index contributed by atoms with van der Waals surface area (Å²) in [5.41, 5.74) is 2.68. The van der Waals surface area contributed by atoms with Gasteiger partial charge in [-0.25, -0.2) is 14.8 Å². The standard InChI is InChI=1S/C23H27BrN6O3.C2H6/c1-23(2,3)33-22(31)30-10-14-8-29(9-15(14)11-30)21-27-18(19-20(28-21)26-12-25-19)13-5-6-17(32-4)16(24)7-13;1-2/h5-7,12,14-15H,8-11H2,1-4H3,(H,25,26,27,28);1-2H3. The number of fused-ring (bicyclic) bond motifs is 2. The highest BCUT2D eigenvalue weighted by molar-refractivity contribution is 9.10. The Morgan fingerprint density at radius 3 is 2.40 bits per heavy atom. The van der Waals surface area contributed by atoms with Crippen LogP contribution in [0.15, 0.2) is 29.0 Å². The minimum atomic E-state index is -0.486. The van der Waals surface area contributed by atoms with E-state index in [2.05, 4.69) is 30.8 Å². The van der Waals surface area contributed by atoms with Gasteiger partial charge in [-0.2, -0.15) is 4.98 Å². The lowest BCUT2D eigenvalue weighted by Crippen LogP contribution is -2.37. The van der Waals surface area contributed by atoms with E-state index in [0.29, 0.717) is 36.5 Å². The molecule has 1 aromatic carbocycles. The van der Waals surface area contributed by atoms with Crippen molar-refractivity contribution < 1.29 is 14.3 Å². The number of ether oxygens (including phenoxy) is 2. The predicted octanol–water partition coefficient (Wildman–Crippen LogP) is 5.12. The van der Waals surface area contributed by atoms with E-state index in [9.17, 15) is 4.79 Å². The molecular formula is C25H33BrN6O3. The number of anilines is 1. The summed E-state index contributed by atoms with van der Waals surface area (Å²) in [6, 6.07) is 5.88. The van der Waals surface area contributed by atoms with Crippen molar-refractivity contribution in [1.82, 2.24) is 24.8 Å². The summed E-state index contributed by atoms with van der Waals surface area (Å²) < 4.78 is 11.8. The number of halogens is 1. The van der Waals surface area contributed by atoms with Crippen LogP contribution in [0.1, 0.15) is 34.6 Å². The summed E-state index contributed by atoms with van der Waals surface area (Å²) in [5.74, 6) is 2.16. The van der Waals surface area contributed by atoms with Crippen molar-refractivity contribution in [3.05, 3.63) is 29.0 Å². The van der Waals surface area contributed by atoms with E-state index < -0.39 is 5.60 Å². The maximum Gasteiger partial charge on any atom is 0.410 e. The van der Waals surface area contributed by atoms with Crippen LogP contribution in [0, 0.1) is 11.8 Å². The fourth-order valence-corrected chi connectivity index (χ4v) is 5.16. The van der Waals surface area contributed by atoms with Crippen molar-refractivity contribution in [2.45, 2.75) is 40.2 Å². The zero-order chi connectivity index (χ0) is 25.3. The number of aromatic amines is 1. The Balaban J connectivity index is 0.00000141. The lowest BCUT2D eigenvalue weighted by molar-refractivity contribution is 0.0282. The van der Waals surface area contributed by atoms with E-state index >= 15 is 0 Å². The maximum absolute atomic E-state index is 12.5. The molecule has 2 unspecified atom stereocenters. The van der Waals surface area contributed by atoms with Crippen LogP contribution < -0.4 is 9.64 Å². The number of aromatic nitrogens is 4. The highest BCUT2D eigenvalue weighted by Crippen LogP contribution is 2.36. The molecule has 1 amide bonds. The molecule has 2 fully saturated rings. The molecule has 188 valence electrons. The summed E-state index contributed by atoms with van der Waals surface area (Å²) >= 11 is 3.57. The molecule has 0 saturated carbocycles. The third kappa shape index (κ3) is 5.22. The Bertz CT molecular complexity index is 1190. The van der Waals surface area contributed by atoms with E-state index in [4.69, 9.17) is 19.4 Å². The molecule has 4 heterocycles. The minimum Gasteiger partial charge on any atom is -0.496 e. The number of likely N-dealkylation sites (tertiary alicyclic amines) is 1. The van der Waals surface area contributed by atoms with Crippen molar-refractivity contribution in [2.75, 3.05) is 38.2 Å². The van der Waals surface area contributed by atoms with Crippen LogP contribution >= 0.6 is 15.9 Å². The van der Waals surface area contributed by atoms with Gasteiger partial charge in [0.2, 0.25) is 5.95 Å². The monoisotopic (exact) mass is 544 g/mol. The third-order valence-electron chi connectivity index (χ3n) is 6.12. The van der Waals surface area contributed by atoms with E-state index in [1.54, 1.807) is 13.4 Å². The van der Waals surface area contributed by atoms with Crippen LogP contribution in [0.3, 0.4) is 0 Å². The largest absolute Gasteiger partial charge is 0.496 e. The topological polar surface area (TPSA) is 96.5 Å². The minimum absolute atomic E-state index is 0.231. The molecule has 2 saturated heterocycles. The smallest absolute Gasteiger partial charge is 0.410 e. The zero-order valence-corrected chi connectivity index (χ0v) is 22.7. The average molecular weight is 545 g/mol. The summed E-state index contributed by atoms with van der Waals surface area (Å²) in [6.07, 6.45) is 1.41. The number of benzene rings is 1. The van der Waals surface area contributed by atoms with Crippen molar-refractivity contribution >= 4 is 39.1 Å². The Labute approximate surface area is 214 Å². The molecule has 2 aliphatic heterocycles.